The molecule has 0 N–H and O–H groups in total. The van der Waals surface area contributed by atoms with E-state index < -0.39 is 0 Å². The monoisotopic (exact) mass is 212 g/mol. The first-order valence-electron chi connectivity index (χ1n) is 5.68. The fourth-order valence-electron chi connectivity index (χ4n) is 2.02. The van der Waals surface area contributed by atoms with Crippen LogP contribution in [0.1, 0.15) is 34.6 Å². The van der Waals surface area contributed by atoms with E-state index in [1.165, 1.54) is 0 Å². The summed E-state index contributed by atoms with van der Waals surface area (Å²) in [5.41, 5.74) is -0.168. The molecule has 0 amide bonds. The smallest absolute Gasteiger partial charge is 0.403 e. The molecule has 15 heavy (non-hydrogen) atoms. The van der Waals surface area contributed by atoms with Gasteiger partial charge >= 0.3 is 7.12 Å². The Morgan fingerprint density at radius 2 is 1.40 bits per heavy atom. The van der Waals surface area contributed by atoms with Gasteiger partial charge in [0.15, 0.2) is 0 Å². The molecule has 86 valence electrons. The molecule has 0 saturated carbocycles. The van der Waals surface area contributed by atoms with Gasteiger partial charge in [-0.25, -0.2) is 0 Å². The summed E-state index contributed by atoms with van der Waals surface area (Å²) in [4.78, 5) is 0. The summed E-state index contributed by atoms with van der Waals surface area (Å²) in [6.45, 7) is 12.2. The second kappa shape index (κ2) is 3.22. The van der Waals surface area contributed by atoms with Crippen LogP contribution in [0.15, 0.2) is 0 Å². The highest BCUT2D eigenvalue weighted by atomic mass is 16.7. The zero-order chi connectivity index (χ0) is 11.3. The Morgan fingerprint density at radius 3 is 1.73 bits per heavy atom. The number of rotatable bonds is 2. The number of hydrogen-bond acceptors (Lipinski definition) is 3. The van der Waals surface area contributed by atoms with E-state index in [4.69, 9.17) is 14.0 Å². The highest BCUT2D eigenvalue weighted by Gasteiger charge is 2.53. The third-order valence-electron chi connectivity index (χ3n) is 3.86. The van der Waals surface area contributed by atoms with Crippen LogP contribution >= 0.6 is 0 Å². The van der Waals surface area contributed by atoms with Crippen LogP contribution in [0.5, 0.6) is 0 Å². The Hall–Kier alpha value is -0.0551. The summed E-state index contributed by atoms with van der Waals surface area (Å²) >= 11 is 0. The molecular weight excluding hydrogens is 191 g/mol. The second-order valence-electron chi connectivity index (χ2n) is 6.19. The first-order chi connectivity index (χ1) is 6.74. The van der Waals surface area contributed by atoms with Crippen LogP contribution in [0.2, 0.25) is 6.32 Å². The van der Waals surface area contributed by atoms with Crippen molar-refractivity contribution < 1.29 is 14.0 Å². The van der Waals surface area contributed by atoms with Gasteiger partial charge in [-0.2, -0.15) is 0 Å². The summed E-state index contributed by atoms with van der Waals surface area (Å²) in [5, 5.41) is 0. The Bertz CT molecular complexity index is 243. The molecule has 2 aliphatic heterocycles. The molecule has 0 aromatic carbocycles. The molecule has 2 rings (SSSR count). The fourth-order valence-corrected chi connectivity index (χ4v) is 2.02. The van der Waals surface area contributed by atoms with Crippen molar-refractivity contribution in [3.8, 4) is 0 Å². The van der Waals surface area contributed by atoms with Gasteiger partial charge in [0.05, 0.1) is 24.4 Å². The summed E-state index contributed by atoms with van der Waals surface area (Å²) in [6, 6.07) is 0. The topological polar surface area (TPSA) is 27.7 Å². The minimum atomic E-state index is -0.210. The summed E-state index contributed by atoms with van der Waals surface area (Å²) < 4.78 is 17.2. The van der Waals surface area contributed by atoms with Gasteiger partial charge in [-0.3, -0.25) is 0 Å². The van der Waals surface area contributed by atoms with Gasteiger partial charge in [0, 0.05) is 5.41 Å². The van der Waals surface area contributed by atoms with Gasteiger partial charge in [-0.1, -0.05) is 6.92 Å². The molecular formula is C11H21BO3. The van der Waals surface area contributed by atoms with Crippen LogP contribution in [0.3, 0.4) is 0 Å². The van der Waals surface area contributed by atoms with Crippen LogP contribution in [-0.2, 0) is 14.0 Å². The molecule has 2 saturated heterocycles. The molecule has 2 heterocycles. The van der Waals surface area contributed by atoms with Gasteiger partial charge in [0.1, 0.15) is 0 Å². The highest BCUT2D eigenvalue weighted by molar-refractivity contribution is 6.45. The van der Waals surface area contributed by atoms with E-state index in [9.17, 15) is 0 Å². The van der Waals surface area contributed by atoms with Crippen molar-refractivity contribution in [1.82, 2.24) is 0 Å². The first-order valence-corrected chi connectivity index (χ1v) is 5.68. The van der Waals surface area contributed by atoms with E-state index in [0.29, 0.717) is 0 Å². The average Bonchev–Trinajstić information content (AvgIpc) is 2.17. The minimum Gasteiger partial charge on any atom is -0.403 e. The average molecular weight is 212 g/mol. The maximum atomic E-state index is 5.96. The molecule has 4 heteroatoms. The predicted octanol–water partition coefficient (Wildman–Crippen LogP) is 2.12. The van der Waals surface area contributed by atoms with Crippen molar-refractivity contribution >= 4 is 7.12 Å². The minimum absolute atomic E-state index is 0.0797. The predicted molar refractivity (Wildman–Crippen MR) is 59.8 cm³/mol. The third-order valence-corrected chi connectivity index (χ3v) is 3.86. The zero-order valence-electron chi connectivity index (χ0n) is 10.4. The van der Waals surface area contributed by atoms with E-state index in [1.54, 1.807) is 0 Å². The Labute approximate surface area is 92.6 Å². The summed E-state index contributed by atoms with van der Waals surface area (Å²) in [7, 11) is -0.0797. The maximum Gasteiger partial charge on any atom is 0.458 e. The second-order valence-corrected chi connectivity index (χ2v) is 6.19. The quantitative estimate of drug-likeness (QED) is 0.656. The number of ether oxygens (including phenoxy) is 1. The SMILES string of the molecule is CC1(CB2OC(C)(C)C(C)(C)O2)COC1. The van der Waals surface area contributed by atoms with E-state index in [-0.39, 0.29) is 23.7 Å². The van der Waals surface area contributed by atoms with Crippen LogP contribution < -0.4 is 0 Å². The van der Waals surface area contributed by atoms with E-state index in [0.717, 1.165) is 19.5 Å². The Balaban J connectivity index is 1.97. The van der Waals surface area contributed by atoms with Crippen molar-refractivity contribution in [2.75, 3.05) is 13.2 Å². The molecule has 2 aliphatic rings. The molecule has 3 nitrogen and oxygen atoms in total. The van der Waals surface area contributed by atoms with Crippen LogP contribution in [0, 0.1) is 5.41 Å². The van der Waals surface area contributed by atoms with Gasteiger partial charge < -0.3 is 14.0 Å². The van der Waals surface area contributed by atoms with Crippen molar-refractivity contribution in [1.29, 1.82) is 0 Å². The normalized spacial score (nSPS) is 31.4. The van der Waals surface area contributed by atoms with Gasteiger partial charge in [0.2, 0.25) is 0 Å². The van der Waals surface area contributed by atoms with E-state index in [1.807, 2.05) is 0 Å². The van der Waals surface area contributed by atoms with Crippen molar-refractivity contribution in [3.05, 3.63) is 0 Å². The summed E-state index contributed by atoms with van der Waals surface area (Å²) in [5.74, 6) is 0. The lowest BCUT2D eigenvalue weighted by molar-refractivity contribution is -0.0922. The van der Waals surface area contributed by atoms with Crippen molar-refractivity contribution in [2.24, 2.45) is 5.41 Å². The first kappa shape index (κ1) is 11.4. The van der Waals surface area contributed by atoms with Gasteiger partial charge in [-0.05, 0) is 34.0 Å². The molecule has 0 spiro atoms. The molecule has 0 radical (unpaired) electrons. The van der Waals surface area contributed by atoms with Crippen LogP contribution in [-0.4, -0.2) is 31.5 Å². The summed E-state index contributed by atoms with van der Waals surface area (Å²) in [6.07, 6.45) is 0.930. The molecule has 0 atom stereocenters. The Morgan fingerprint density at radius 1 is 0.933 bits per heavy atom. The number of hydrogen-bond donors (Lipinski definition) is 0. The van der Waals surface area contributed by atoms with E-state index in [2.05, 4.69) is 34.6 Å². The molecule has 0 bridgehead atoms. The molecule has 2 fully saturated rings. The highest BCUT2D eigenvalue weighted by Crippen LogP contribution is 2.42. The lowest BCUT2D eigenvalue weighted by Gasteiger charge is -2.38. The standard InChI is InChI=1S/C11H21BO3/c1-9(2)10(3,4)15-12(14-9)6-11(5)7-13-8-11/h6-8H2,1-5H3. The van der Waals surface area contributed by atoms with Gasteiger partial charge in [-0.15, -0.1) is 0 Å². The molecule has 0 aromatic heterocycles. The molecule has 0 aliphatic carbocycles. The van der Waals surface area contributed by atoms with Crippen LogP contribution in [0.4, 0.5) is 0 Å². The fraction of sp³-hybridized carbons (Fsp3) is 1.00. The zero-order valence-corrected chi connectivity index (χ0v) is 10.4. The van der Waals surface area contributed by atoms with Gasteiger partial charge in [0.25, 0.3) is 0 Å². The van der Waals surface area contributed by atoms with E-state index >= 15 is 0 Å². The van der Waals surface area contributed by atoms with Crippen LogP contribution in [0.25, 0.3) is 0 Å². The largest absolute Gasteiger partial charge is 0.458 e. The lowest BCUT2D eigenvalue weighted by atomic mass is 9.68. The van der Waals surface area contributed by atoms with Crippen molar-refractivity contribution in [2.45, 2.75) is 52.1 Å². The Kier molecular flexibility index (Phi) is 2.45. The third kappa shape index (κ3) is 1.95. The molecule has 0 aromatic rings. The maximum absolute atomic E-state index is 5.96. The lowest BCUT2D eigenvalue weighted by Crippen LogP contribution is -2.43. The van der Waals surface area contributed by atoms with Crippen molar-refractivity contribution in [3.63, 3.8) is 0 Å². The molecule has 0 unspecified atom stereocenters.